The molecular weight excluding hydrogens is 470 g/mol. The molecule has 0 saturated carbocycles. The highest BCUT2D eigenvalue weighted by Gasteiger charge is 2.28. The molecule has 0 spiro atoms. The standard InChI is InChI=1S/C24H29N7O3.ClH/c1-30-19-9-6-16(22(28-14-21(32)33)24(34)31-10-2-3-11-31)12-18(19)29-20(30)13-27-17-7-4-15(5-8-17)23(25)26;/h4-9,12,22,27-28H,2-3,10-11,13-14H2,1H3,(H3,25,26)(H,32,33);1H. The van der Waals surface area contributed by atoms with Crippen molar-refractivity contribution >= 4 is 46.8 Å². The van der Waals surface area contributed by atoms with Gasteiger partial charge < -0.3 is 25.6 Å². The number of nitrogen functional groups attached to an aromatic ring is 1. The van der Waals surface area contributed by atoms with Gasteiger partial charge in [-0.05, 0) is 54.8 Å². The molecule has 1 amide bonds. The van der Waals surface area contributed by atoms with Crippen molar-refractivity contribution in [3.05, 3.63) is 59.4 Å². The first kappa shape index (κ1) is 26.0. The Morgan fingerprint density at radius 3 is 2.49 bits per heavy atom. The zero-order valence-corrected chi connectivity index (χ0v) is 20.3. The van der Waals surface area contributed by atoms with Gasteiger partial charge in [0.05, 0.1) is 24.1 Å². The molecule has 11 heteroatoms. The van der Waals surface area contributed by atoms with Crippen molar-refractivity contribution in [2.75, 3.05) is 25.0 Å². The van der Waals surface area contributed by atoms with Gasteiger partial charge in [-0.25, -0.2) is 4.98 Å². The number of hydrogen-bond donors (Lipinski definition) is 5. The highest BCUT2D eigenvalue weighted by molar-refractivity contribution is 5.95. The van der Waals surface area contributed by atoms with Gasteiger partial charge in [0.25, 0.3) is 0 Å². The van der Waals surface area contributed by atoms with Crippen molar-refractivity contribution < 1.29 is 14.7 Å². The molecule has 1 aliphatic rings. The topological polar surface area (TPSA) is 149 Å². The van der Waals surface area contributed by atoms with E-state index in [4.69, 9.17) is 21.2 Å². The van der Waals surface area contributed by atoms with Gasteiger partial charge >= 0.3 is 5.97 Å². The van der Waals surface area contributed by atoms with Gasteiger partial charge in [0.15, 0.2) is 0 Å². The normalized spacial score (nSPS) is 13.9. The van der Waals surface area contributed by atoms with Gasteiger partial charge in [0, 0.05) is 31.4 Å². The summed E-state index contributed by atoms with van der Waals surface area (Å²) >= 11 is 0. The first-order valence-electron chi connectivity index (χ1n) is 11.2. The number of amidine groups is 1. The molecule has 1 aliphatic heterocycles. The van der Waals surface area contributed by atoms with Gasteiger partial charge in [-0.2, -0.15) is 0 Å². The number of fused-ring (bicyclic) bond motifs is 1. The molecule has 1 aromatic heterocycles. The lowest BCUT2D eigenvalue weighted by Crippen LogP contribution is -2.41. The molecule has 1 atom stereocenters. The van der Waals surface area contributed by atoms with E-state index in [9.17, 15) is 9.59 Å². The number of nitrogens with one attached hydrogen (secondary N) is 3. The number of aryl methyl sites for hydroxylation is 1. The average Bonchev–Trinajstić information content (AvgIpc) is 3.46. The molecule has 1 saturated heterocycles. The van der Waals surface area contributed by atoms with Crippen molar-refractivity contribution in [2.45, 2.75) is 25.4 Å². The summed E-state index contributed by atoms with van der Waals surface area (Å²) in [6.45, 7) is 1.56. The van der Waals surface area contributed by atoms with Crippen LogP contribution in [0.15, 0.2) is 42.5 Å². The van der Waals surface area contributed by atoms with Crippen LogP contribution in [0.25, 0.3) is 11.0 Å². The fourth-order valence-electron chi connectivity index (χ4n) is 4.21. The molecule has 1 unspecified atom stereocenters. The summed E-state index contributed by atoms with van der Waals surface area (Å²) in [6, 6.07) is 12.2. The van der Waals surface area contributed by atoms with Crippen molar-refractivity contribution in [1.29, 1.82) is 5.41 Å². The van der Waals surface area contributed by atoms with E-state index < -0.39 is 12.0 Å². The smallest absolute Gasteiger partial charge is 0.317 e. The van der Waals surface area contributed by atoms with E-state index in [0.717, 1.165) is 35.4 Å². The molecule has 186 valence electrons. The quantitative estimate of drug-likeness (QED) is 0.224. The number of aromatic nitrogens is 2. The second-order valence-corrected chi connectivity index (χ2v) is 8.42. The predicted molar refractivity (Wildman–Crippen MR) is 137 cm³/mol. The number of imidazole rings is 1. The van der Waals surface area contributed by atoms with E-state index in [1.165, 1.54) is 0 Å². The van der Waals surface area contributed by atoms with Gasteiger partial charge in [0.1, 0.15) is 17.7 Å². The Hall–Kier alpha value is -3.63. The van der Waals surface area contributed by atoms with Crippen molar-refractivity contribution in [3.8, 4) is 0 Å². The Labute approximate surface area is 209 Å². The maximum atomic E-state index is 13.1. The highest BCUT2D eigenvalue weighted by atomic mass is 35.5. The Bertz CT molecular complexity index is 1220. The zero-order valence-electron chi connectivity index (χ0n) is 19.5. The second-order valence-electron chi connectivity index (χ2n) is 8.42. The number of carbonyl (C=O) groups is 2. The van der Waals surface area contributed by atoms with E-state index in [-0.39, 0.29) is 30.7 Å². The summed E-state index contributed by atoms with van der Waals surface area (Å²) < 4.78 is 1.98. The summed E-state index contributed by atoms with van der Waals surface area (Å²) in [7, 11) is 1.93. The molecule has 2 aromatic carbocycles. The molecule has 0 bridgehead atoms. The molecule has 1 fully saturated rings. The zero-order chi connectivity index (χ0) is 24.2. The third-order valence-electron chi connectivity index (χ3n) is 6.10. The number of amides is 1. The van der Waals surface area contributed by atoms with Crippen LogP contribution in [-0.2, 0) is 23.2 Å². The summed E-state index contributed by atoms with van der Waals surface area (Å²) in [5, 5.41) is 22.8. The highest BCUT2D eigenvalue weighted by Crippen LogP contribution is 2.24. The number of likely N-dealkylation sites (tertiary alicyclic amines) is 1. The Balaban J connectivity index is 0.00000342. The summed E-state index contributed by atoms with van der Waals surface area (Å²) in [5.74, 6) is -0.284. The minimum Gasteiger partial charge on any atom is -0.480 e. The molecular formula is C24H30ClN7O3. The van der Waals surface area contributed by atoms with E-state index in [2.05, 4.69) is 10.6 Å². The number of hydrogen-bond acceptors (Lipinski definition) is 6. The molecule has 4 rings (SSSR count). The lowest BCUT2D eigenvalue weighted by molar-refractivity contribution is -0.137. The number of anilines is 1. The third-order valence-corrected chi connectivity index (χ3v) is 6.10. The molecule has 35 heavy (non-hydrogen) atoms. The maximum absolute atomic E-state index is 13.1. The molecule has 0 aliphatic carbocycles. The monoisotopic (exact) mass is 499 g/mol. The summed E-state index contributed by atoms with van der Waals surface area (Å²) in [5.41, 5.74) is 9.40. The number of benzene rings is 2. The number of nitrogens with zero attached hydrogens (tertiary/aromatic N) is 3. The fraction of sp³-hybridized carbons (Fsp3) is 0.333. The first-order valence-corrected chi connectivity index (χ1v) is 11.2. The van der Waals surface area contributed by atoms with E-state index in [1.807, 2.05) is 41.9 Å². The van der Waals surface area contributed by atoms with Crippen LogP contribution in [0.5, 0.6) is 0 Å². The van der Waals surface area contributed by atoms with Crippen LogP contribution in [0.3, 0.4) is 0 Å². The van der Waals surface area contributed by atoms with Crippen LogP contribution in [0.4, 0.5) is 5.69 Å². The fourth-order valence-corrected chi connectivity index (χ4v) is 4.21. The number of aliphatic carboxylic acids is 1. The van der Waals surface area contributed by atoms with Crippen LogP contribution in [0, 0.1) is 5.41 Å². The van der Waals surface area contributed by atoms with Crippen LogP contribution >= 0.6 is 12.4 Å². The van der Waals surface area contributed by atoms with Crippen LogP contribution in [0.2, 0.25) is 0 Å². The first-order chi connectivity index (χ1) is 16.3. The van der Waals surface area contributed by atoms with E-state index in [1.54, 1.807) is 17.0 Å². The molecule has 3 aromatic rings. The third kappa shape index (κ3) is 5.90. The molecule has 6 N–H and O–H groups in total. The SMILES string of the molecule is Cl.Cn1c(CNc2ccc(C(=N)N)cc2)nc2cc(C(NCC(=O)O)C(=O)N3CCCC3)ccc21. The largest absolute Gasteiger partial charge is 0.480 e. The van der Waals surface area contributed by atoms with Crippen LogP contribution in [-0.4, -0.2) is 56.9 Å². The molecule has 2 heterocycles. The van der Waals surface area contributed by atoms with Gasteiger partial charge in [-0.15, -0.1) is 12.4 Å². The van der Waals surface area contributed by atoms with Crippen LogP contribution < -0.4 is 16.4 Å². The Morgan fingerprint density at radius 2 is 1.86 bits per heavy atom. The minimum atomic E-state index is -1.01. The number of carboxylic acid groups (broad SMARTS) is 1. The Morgan fingerprint density at radius 1 is 1.17 bits per heavy atom. The molecule has 10 nitrogen and oxygen atoms in total. The number of carboxylic acids is 1. The Kier molecular flexibility index (Phi) is 8.31. The van der Waals surface area contributed by atoms with Crippen molar-refractivity contribution in [1.82, 2.24) is 19.8 Å². The number of rotatable bonds is 9. The molecule has 0 radical (unpaired) electrons. The van der Waals surface area contributed by atoms with E-state index in [0.29, 0.717) is 30.8 Å². The number of halogens is 1. The number of carbonyl (C=O) groups excluding carboxylic acids is 1. The minimum absolute atomic E-state index is 0. The maximum Gasteiger partial charge on any atom is 0.317 e. The lowest BCUT2D eigenvalue weighted by atomic mass is 10.0. The van der Waals surface area contributed by atoms with Crippen LogP contribution in [0.1, 0.15) is 35.8 Å². The van der Waals surface area contributed by atoms with Crippen molar-refractivity contribution in [2.24, 2.45) is 12.8 Å². The van der Waals surface area contributed by atoms with Gasteiger partial charge in [0.2, 0.25) is 5.91 Å². The predicted octanol–water partition coefficient (Wildman–Crippen LogP) is 2.23. The average molecular weight is 500 g/mol. The number of nitrogens with two attached hydrogens (primary N) is 1. The summed E-state index contributed by atoms with van der Waals surface area (Å²) in [4.78, 5) is 30.8. The van der Waals surface area contributed by atoms with Gasteiger partial charge in [-0.1, -0.05) is 6.07 Å². The second kappa shape index (κ2) is 11.2. The summed E-state index contributed by atoms with van der Waals surface area (Å²) in [6.07, 6.45) is 1.93. The van der Waals surface area contributed by atoms with E-state index >= 15 is 0 Å². The van der Waals surface area contributed by atoms with Gasteiger partial charge in [-0.3, -0.25) is 20.3 Å². The van der Waals surface area contributed by atoms with Crippen molar-refractivity contribution in [3.63, 3.8) is 0 Å². The lowest BCUT2D eigenvalue weighted by Gasteiger charge is -2.24.